The van der Waals surface area contributed by atoms with Crippen molar-refractivity contribution in [1.29, 1.82) is 0 Å². The molecule has 0 radical (unpaired) electrons. The number of benzene rings is 2. The first-order valence-corrected chi connectivity index (χ1v) is 11.2. The van der Waals surface area contributed by atoms with Gasteiger partial charge in [-0.05, 0) is 61.7 Å². The SMILES string of the molecule is CCS(=O)(=O)N(C)CCCc1cc(C(=O)O)ccc1C#Cc1ccc(O)cc1C(F)(F)F. The molecule has 2 N–H and O–H groups in total. The Morgan fingerprint density at radius 3 is 2.31 bits per heavy atom. The summed E-state index contributed by atoms with van der Waals surface area (Å²) in [5.74, 6) is 3.34. The van der Waals surface area contributed by atoms with Gasteiger partial charge in [-0.15, -0.1) is 0 Å². The summed E-state index contributed by atoms with van der Waals surface area (Å²) in [4.78, 5) is 11.3. The van der Waals surface area contributed by atoms with Crippen LogP contribution in [-0.4, -0.2) is 48.3 Å². The van der Waals surface area contributed by atoms with Gasteiger partial charge in [-0.3, -0.25) is 0 Å². The average Bonchev–Trinajstić information content (AvgIpc) is 2.72. The van der Waals surface area contributed by atoms with Crippen molar-refractivity contribution in [2.24, 2.45) is 0 Å². The minimum atomic E-state index is -4.71. The van der Waals surface area contributed by atoms with Crippen LogP contribution in [0.3, 0.4) is 0 Å². The molecular weight excluding hydrogens is 447 g/mol. The maximum Gasteiger partial charge on any atom is 0.417 e. The molecule has 32 heavy (non-hydrogen) atoms. The van der Waals surface area contributed by atoms with E-state index < -0.39 is 33.5 Å². The maximum absolute atomic E-state index is 13.2. The van der Waals surface area contributed by atoms with Crippen LogP contribution in [0, 0.1) is 11.8 Å². The molecule has 0 aromatic heterocycles. The normalized spacial score (nSPS) is 11.8. The van der Waals surface area contributed by atoms with E-state index in [1.54, 1.807) is 0 Å². The van der Waals surface area contributed by atoms with E-state index in [-0.39, 0.29) is 29.8 Å². The highest BCUT2D eigenvalue weighted by molar-refractivity contribution is 7.89. The van der Waals surface area contributed by atoms with E-state index in [1.165, 1.54) is 36.5 Å². The van der Waals surface area contributed by atoms with Crippen molar-refractivity contribution in [3.8, 4) is 17.6 Å². The van der Waals surface area contributed by atoms with Gasteiger partial charge in [0.05, 0.1) is 16.9 Å². The lowest BCUT2D eigenvalue weighted by atomic mass is 9.99. The summed E-state index contributed by atoms with van der Waals surface area (Å²) in [7, 11) is -1.93. The number of alkyl halides is 3. The lowest BCUT2D eigenvalue weighted by Crippen LogP contribution is -2.29. The van der Waals surface area contributed by atoms with Crippen LogP contribution in [0.15, 0.2) is 36.4 Å². The molecule has 0 unspecified atom stereocenters. The van der Waals surface area contributed by atoms with Gasteiger partial charge in [0.2, 0.25) is 10.0 Å². The summed E-state index contributed by atoms with van der Waals surface area (Å²) in [6.45, 7) is 1.71. The lowest BCUT2D eigenvalue weighted by Gasteiger charge is -2.16. The molecule has 0 aliphatic rings. The Morgan fingerprint density at radius 2 is 1.72 bits per heavy atom. The third-order valence-electron chi connectivity index (χ3n) is 4.75. The third kappa shape index (κ3) is 6.48. The van der Waals surface area contributed by atoms with Crippen molar-refractivity contribution < 1.29 is 36.6 Å². The number of carboxylic acid groups (broad SMARTS) is 1. The summed E-state index contributed by atoms with van der Waals surface area (Å²) in [6.07, 6.45) is -4.08. The molecule has 0 saturated carbocycles. The van der Waals surface area contributed by atoms with E-state index in [0.29, 0.717) is 23.6 Å². The number of aromatic carboxylic acids is 1. The van der Waals surface area contributed by atoms with Gasteiger partial charge in [0.15, 0.2) is 0 Å². The fraction of sp³-hybridized carbons (Fsp3) is 0.318. The zero-order valence-electron chi connectivity index (χ0n) is 17.4. The number of phenols is 1. The van der Waals surface area contributed by atoms with Crippen molar-refractivity contribution in [2.75, 3.05) is 19.3 Å². The average molecular weight is 469 g/mol. The Labute approximate surface area is 184 Å². The van der Waals surface area contributed by atoms with Gasteiger partial charge in [-0.1, -0.05) is 11.8 Å². The molecule has 10 heteroatoms. The largest absolute Gasteiger partial charge is 0.508 e. The first kappa shape index (κ1) is 25.2. The molecule has 0 bridgehead atoms. The third-order valence-corrected chi connectivity index (χ3v) is 6.61. The highest BCUT2D eigenvalue weighted by atomic mass is 32.2. The molecule has 2 aromatic carbocycles. The van der Waals surface area contributed by atoms with Crippen LogP contribution in [0.25, 0.3) is 0 Å². The number of carboxylic acids is 1. The fourth-order valence-corrected chi connectivity index (χ4v) is 3.77. The molecule has 0 aliphatic heterocycles. The molecule has 0 saturated heterocycles. The predicted molar refractivity (Wildman–Crippen MR) is 113 cm³/mol. The van der Waals surface area contributed by atoms with Crippen LogP contribution >= 0.6 is 0 Å². The summed E-state index contributed by atoms with van der Waals surface area (Å²) < 4.78 is 64.7. The second-order valence-corrected chi connectivity index (χ2v) is 9.34. The number of halogens is 3. The number of rotatable bonds is 7. The smallest absolute Gasteiger partial charge is 0.417 e. The summed E-state index contributed by atoms with van der Waals surface area (Å²) in [6, 6.07) is 6.82. The van der Waals surface area contributed by atoms with Crippen LogP contribution in [0.5, 0.6) is 5.75 Å². The lowest BCUT2D eigenvalue weighted by molar-refractivity contribution is -0.137. The fourth-order valence-electron chi connectivity index (χ4n) is 2.92. The van der Waals surface area contributed by atoms with Gasteiger partial charge >= 0.3 is 12.1 Å². The molecule has 2 rings (SSSR count). The molecule has 0 aliphatic carbocycles. The first-order chi connectivity index (χ1) is 14.8. The van der Waals surface area contributed by atoms with Gasteiger partial charge < -0.3 is 10.2 Å². The first-order valence-electron chi connectivity index (χ1n) is 9.57. The Morgan fingerprint density at radius 1 is 1.09 bits per heavy atom. The Bertz CT molecular complexity index is 1160. The molecule has 0 amide bonds. The summed E-state index contributed by atoms with van der Waals surface area (Å²) in [5.41, 5.74) is -0.623. The Hall–Kier alpha value is -3.03. The van der Waals surface area contributed by atoms with E-state index >= 15 is 0 Å². The van der Waals surface area contributed by atoms with Gasteiger partial charge in [0.1, 0.15) is 5.75 Å². The van der Waals surface area contributed by atoms with Crippen LogP contribution in [0.4, 0.5) is 13.2 Å². The number of carbonyl (C=O) groups is 1. The van der Waals surface area contributed by atoms with E-state index in [9.17, 15) is 36.6 Å². The molecule has 2 aromatic rings. The monoisotopic (exact) mass is 469 g/mol. The Kier molecular flexibility index (Phi) is 7.93. The predicted octanol–water partition coefficient (Wildman–Crippen LogP) is 3.72. The zero-order chi connectivity index (χ0) is 24.1. The standard InChI is InChI=1S/C22H22F3NO5S/c1-3-32(30,31)26(2)12-4-5-17-13-18(21(28)29)9-7-15(17)6-8-16-10-11-19(27)14-20(16)22(23,24)25/h7,9-11,13-14,27H,3-5,12H2,1-2H3,(H,28,29). The quantitative estimate of drug-likeness (QED) is 0.603. The van der Waals surface area contributed by atoms with Crippen LogP contribution in [0.2, 0.25) is 0 Å². The van der Waals surface area contributed by atoms with Crippen molar-refractivity contribution >= 4 is 16.0 Å². The number of hydrogen-bond acceptors (Lipinski definition) is 4. The van der Waals surface area contributed by atoms with Crippen molar-refractivity contribution in [1.82, 2.24) is 4.31 Å². The number of sulfonamides is 1. The molecule has 0 heterocycles. The molecule has 0 fully saturated rings. The van der Waals surface area contributed by atoms with Gasteiger partial charge in [0, 0.05) is 24.7 Å². The molecule has 6 nitrogen and oxygen atoms in total. The number of nitrogens with zero attached hydrogens (tertiary/aromatic N) is 1. The Balaban J connectivity index is 2.37. The van der Waals surface area contributed by atoms with Crippen molar-refractivity contribution in [3.05, 3.63) is 64.2 Å². The number of aryl methyl sites for hydroxylation is 1. The van der Waals surface area contributed by atoms with Crippen molar-refractivity contribution in [2.45, 2.75) is 25.9 Å². The van der Waals surface area contributed by atoms with Gasteiger partial charge in [-0.2, -0.15) is 13.2 Å². The number of aromatic hydroxyl groups is 1. The molecule has 172 valence electrons. The van der Waals surface area contributed by atoms with Crippen LogP contribution < -0.4 is 0 Å². The number of phenolic OH excluding ortho intramolecular Hbond substituents is 1. The maximum atomic E-state index is 13.2. The van der Waals surface area contributed by atoms with Gasteiger partial charge in [0.25, 0.3) is 0 Å². The molecule has 0 atom stereocenters. The van der Waals surface area contributed by atoms with Crippen LogP contribution in [-0.2, 0) is 22.6 Å². The molecule has 0 spiro atoms. The summed E-state index contributed by atoms with van der Waals surface area (Å²) in [5, 5.41) is 18.6. The second-order valence-electron chi connectivity index (χ2n) is 6.98. The minimum absolute atomic E-state index is 0.0132. The van der Waals surface area contributed by atoms with E-state index in [4.69, 9.17) is 0 Å². The summed E-state index contributed by atoms with van der Waals surface area (Å²) >= 11 is 0. The van der Waals surface area contributed by atoms with Gasteiger partial charge in [-0.25, -0.2) is 17.5 Å². The highest BCUT2D eigenvalue weighted by Gasteiger charge is 2.33. The van der Waals surface area contributed by atoms with E-state index in [2.05, 4.69) is 11.8 Å². The van der Waals surface area contributed by atoms with E-state index in [0.717, 1.165) is 12.1 Å². The molecular formula is C22H22F3NO5S. The number of hydrogen-bond donors (Lipinski definition) is 2. The minimum Gasteiger partial charge on any atom is -0.508 e. The van der Waals surface area contributed by atoms with Crippen LogP contribution in [0.1, 0.15) is 46.0 Å². The van der Waals surface area contributed by atoms with E-state index in [1.807, 2.05) is 0 Å². The zero-order valence-corrected chi connectivity index (χ0v) is 18.2. The highest BCUT2D eigenvalue weighted by Crippen LogP contribution is 2.33. The second kappa shape index (κ2) is 10.1. The topological polar surface area (TPSA) is 94.9 Å². The van der Waals surface area contributed by atoms with Crippen molar-refractivity contribution in [3.63, 3.8) is 0 Å².